The van der Waals surface area contributed by atoms with Crippen molar-refractivity contribution in [3.63, 3.8) is 0 Å². The maximum Gasteiger partial charge on any atom is 0.135 e. The van der Waals surface area contributed by atoms with Gasteiger partial charge in [0.25, 0.3) is 0 Å². The summed E-state index contributed by atoms with van der Waals surface area (Å²) in [6.45, 7) is 4.73. The first-order valence-corrected chi connectivity index (χ1v) is 7.70. The van der Waals surface area contributed by atoms with Crippen molar-refractivity contribution in [3.8, 4) is 0 Å². The van der Waals surface area contributed by atoms with Crippen molar-refractivity contribution >= 4 is 17.2 Å². The molecule has 1 aromatic rings. The van der Waals surface area contributed by atoms with Crippen molar-refractivity contribution < 1.29 is 4.74 Å². The number of ether oxygens (including phenoxy) is 1. The summed E-state index contributed by atoms with van der Waals surface area (Å²) in [5, 5.41) is 8.78. The molecule has 1 aliphatic heterocycles. The van der Waals surface area contributed by atoms with Crippen molar-refractivity contribution in [1.82, 2.24) is 9.88 Å². The molecule has 0 amide bonds. The normalized spacial score (nSPS) is 20.6. The van der Waals surface area contributed by atoms with Crippen LogP contribution in [0.25, 0.3) is 0 Å². The fraction of sp³-hybridized carbons (Fsp3) is 0.692. The van der Waals surface area contributed by atoms with Gasteiger partial charge in [0.15, 0.2) is 0 Å². The van der Waals surface area contributed by atoms with Crippen LogP contribution in [0.3, 0.4) is 0 Å². The second-order valence-electron chi connectivity index (χ2n) is 5.21. The molecule has 3 rings (SSSR count). The molecule has 0 radical (unpaired) electrons. The van der Waals surface area contributed by atoms with Crippen LogP contribution >= 0.6 is 11.3 Å². The summed E-state index contributed by atoms with van der Waals surface area (Å²) in [6, 6.07) is 0. The van der Waals surface area contributed by atoms with Gasteiger partial charge in [-0.1, -0.05) is 0 Å². The SMILES string of the molecule is N=C(N)c1sc(CCN2CCOCC2)nc1C1CC1. The molecule has 0 unspecified atom stereocenters. The number of aromatic nitrogens is 1. The van der Waals surface area contributed by atoms with Crippen LogP contribution in [0.4, 0.5) is 0 Å². The van der Waals surface area contributed by atoms with Gasteiger partial charge >= 0.3 is 0 Å². The van der Waals surface area contributed by atoms with E-state index in [2.05, 4.69) is 4.90 Å². The Kier molecular flexibility index (Phi) is 3.81. The number of thiazole rings is 1. The van der Waals surface area contributed by atoms with E-state index < -0.39 is 0 Å². The van der Waals surface area contributed by atoms with Gasteiger partial charge in [0.1, 0.15) is 5.84 Å². The highest BCUT2D eigenvalue weighted by atomic mass is 32.1. The molecule has 0 bridgehead atoms. The highest BCUT2D eigenvalue weighted by Crippen LogP contribution is 2.42. The van der Waals surface area contributed by atoms with Crippen molar-refractivity contribution in [2.45, 2.75) is 25.2 Å². The fourth-order valence-electron chi connectivity index (χ4n) is 2.39. The van der Waals surface area contributed by atoms with Gasteiger partial charge in [-0.2, -0.15) is 0 Å². The highest BCUT2D eigenvalue weighted by Gasteiger charge is 2.30. The molecule has 3 N–H and O–H groups in total. The molecule has 1 aliphatic carbocycles. The Labute approximate surface area is 117 Å². The first kappa shape index (κ1) is 13.0. The minimum Gasteiger partial charge on any atom is -0.383 e. The molecule has 1 saturated carbocycles. The maximum absolute atomic E-state index is 7.66. The summed E-state index contributed by atoms with van der Waals surface area (Å²) in [4.78, 5) is 8.03. The third-order valence-electron chi connectivity index (χ3n) is 3.65. The molecule has 0 atom stereocenters. The first-order valence-electron chi connectivity index (χ1n) is 6.88. The van der Waals surface area contributed by atoms with Crippen LogP contribution in [0.5, 0.6) is 0 Å². The Hall–Kier alpha value is -0.980. The standard InChI is InChI=1S/C13H20N4OS/c14-13(15)12-11(9-1-2-9)16-10(19-12)3-4-17-5-7-18-8-6-17/h9H,1-8H2,(H3,14,15). The van der Waals surface area contributed by atoms with Gasteiger partial charge in [-0.3, -0.25) is 10.3 Å². The van der Waals surface area contributed by atoms with Crippen LogP contribution in [-0.2, 0) is 11.2 Å². The van der Waals surface area contributed by atoms with E-state index in [-0.39, 0.29) is 5.84 Å². The predicted octanol–water partition coefficient (Wildman–Crippen LogP) is 1.18. The Morgan fingerprint density at radius 3 is 2.79 bits per heavy atom. The summed E-state index contributed by atoms with van der Waals surface area (Å²) in [7, 11) is 0. The van der Waals surface area contributed by atoms with Crippen molar-refractivity contribution in [1.29, 1.82) is 5.41 Å². The second-order valence-corrected chi connectivity index (χ2v) is 6.30. The topological polar surface area (TPSA) is 75.2 Å². The third kappa shape index (κ3) is 3.13. The van der Waals surface area contributed by atoms with E-state index in [1.165, 1.54) is 12.8 Å². The second kappa shape index (κ2) is 5.56. The van der Waals surface area contributed by atoms with Crippen molar-refractivity contribution in [2.24, 2.45) is 5.73 Å². The van der Waals surface area contributed by atoms with E-state index in [0.717, 1.165) is 54.8 Å². The molecule has 2 heterocycles. The zero-order chi connectivity index (χ0) is 13.2. The average molecular weight is 280 g/mol. The highest BCUT2D eigenvalue weighted by molar-refractivity contribution is 7.13. The van der Waals surface area contributed by atoms with Crippen LogP contribution in [0.1, 0.15) is 34.3 Å². The zero-order valence-corrected chi connectivity index (χ0v) is 11.8. The van der Waals surface area contributed by atoms with Crippen LogP contribution in [0, 0.1) is 5.41 Å². The van der Waals surface area contributed by atoms with E-state index in [1.807, 2.05) is 0 Å². The van der Waals surface area contributed by atoms with E-state index in [9.17, 15) is 0 Å². The molecule has 2 aliphatic rings. The summed E-state index contributed by atoms with van der Waals surface area (Å²) in [5.41, 5.74) is 6.74. The molecule has 0 aromatic carbocycles. The van der Waals surface area contributed by atoms with E-state index >= 15 is 0 Å². The molecule has 19 heavy (non-hydrogen) atoms. The molecule has 6 heteroatoms. The van der Waals surface area contributed by atoms with Gasteiger partial charge in [0.2, 0.25) is 0 Å². The van der Waals surface area contributed by atoms with Crippen molar-refractivity contribution in [2.75, 3.05) is 32.8 Å². The minimum atomic E-state index is 0.178. The summed E-state index contributed by atoms with van der Waals surface area (Å²) >= 11 is 1.61. The van der Waals surface area contributed by atoms with Crippen LogP contribution in [-0.4, -0.2) is 48.6 Å². The molecular formula is C13H20N4OS. The molecule has 1 aromatic heterocycles. The van der Waals surface area contributed by atoms with Crippen molar-refractivity contribution in [3.05, 3.63) is 15.6 Å². The van der Waals surface area contributed by atoms with Gasteiger partial charge in [0.05, 0.1) is 28.8 Å². The summed E-state index contributed by atoms with van der Waals surface area (Å²) in [5.74, 6) is 0.740. The monoisotopic (exact) mass is 280 g/mol. The third-order valence-corrected chi connectivity index (χ3v) is 4.82. The predicted molar refractivity (Wildman–Crippen MR) is 76.1 cm³/mol. The molecule has 2 fully saturated rings. The average Bonchev–Trinajstić information content (AvgIpc) is 3.17. The molecular weight excluding hydrogens is 260 g/mol. The minimum absolute atomic E-state index is 0.178. The Morgan fingerprint density at radius 2 is 2.16 bits per heavy atom. The number of nitrogens with one attached hydrogen (secondary N) is 1. The number of hydrogen-bond donors (Lipinski definition) is 2. The number of nitrogens with zero attached hydrogens (tertiary/aromatic N) is 2. The van der Waals surface area contributed by atoms with Gasteiger partial charge in [-0.15, -0.1) is 11.3 Å². The Morgan fingerprint density at radius 1 is 1.42 bits per heavy atom. The van der Waals surface area contributed by atoms with E-state index in [0.29, 0.717) is 5.92 Å². The fourth-order valence-corrected chi connectivity index (χ4v) is 3.39. The quantitative estimate of drug-likeness (QED) is 0.627. The van der Waals surface area contributed by atoms with Gasteiger partial charge in [0, 0.05) is 32.0 Å². The number of morpholine rings is 1. The lowest BCUT2D eigenvalue weighted by Crippen LogP contribution is -2.37. The number of rotatable bonds is 5. The number of nitrogen functional groups attached to an aromatic ring is 1. The van der Waals surface area contributed by atoms with Gasteiger partial charge in [-0.05, 0) is 12.8 Å². The lowest BCUT2D eigenvalue weighted by Gasteiger charge is -2.25. The van der Waals surface area contributed by atoms with Gasteiger partial charge in [-0.25, -0.2) is 4.98 Å². The lowest BCUT2D eigenvalue weighted by molar-refractivity contribution is 0.0384. The smallest absolute Gasteiger partial charge is 0.135 e. The first-order chi connectivity index (χ1) is 9.24. The maximum atomic E-state index is 7.66. The lowest BCUT2D eigenvalue weighted by atomic mass is 10.2. The summed E-state index contributed by atoms with van der Waals surface area (Å²) < 4.78 is 5.35. The van der Waals surface area contributed by atoms with Crippen LogP contribution < -0.4 is 5.73 Å². The Bertz CT molecular complexity index is 463. The number of hydrogen-bond acceptors (Lipinski definition) is 5. The van der Waals surface area contributed by atoms with Gasteiger partial charge < -0.3 is 10.5 Å². The molecule has 1 saturated heterocycles. The number of amidine groups is 1. The van der Waals surface area contributed by atoms with Crippen LogP contribution in [0.2, 0.25) is 0 Å². The molecule has 104 valence electrons. The van der Waals surface area contributed by atoms with Crippen LogP contribution in [0.15, 0.2) is 0 Å². The number of nitrogens with two attached hydrogens (primary N) is 1. The summed E-state index contributed by atoms with van der Waals surface area (Å²) in [6.07, 6.45) is 3.36. The molecule has 5 nitrogen and oxygen atoms in total. The van der Waals surface area contributed by atoms with E-state index in [1.54, 1.807) is 11.3 Å². The molecule has 0 spiro atoms. The largest absolute Gasteiger partial charge is 0.383 e. The Balaban J connectivity index is 1.63. The zero-order valence-electron chi connectivity index (χ0n) is 11.0. The van der Waals surface area contributed by atoms with E-state index in [4.69, 9.17) is 20.9 Å².